The molecule has 2 rings (SSSR count). The lowest BCUT2D eigenvalue weighted by Crippen LogP contribution is -2.49. The molecule has 1 heterocycles. The second-order valence-corrected chi connectivity index (χ2v) is 5.49. The van der Waals surface area contributed by atoms with Gasteiger partial charge >= 0.3 is 6.03 Å². The number of ether oxygens (including phenoxy) is 1. The van der Waals surface area contributed by atoms with Crippen LogP contribution >= 0.6 is 0 Å². The van der Waals surface area contributed by atoms with Gasteiger partial charge in [-0.1, -0.05) is 12.1 Å². The van der Waals surface area contributed by atoms with Crippen LogP contribution in [0, 0.1) is 0 Å². The van der Waals surface area contributed by atoms with Crippen LogP contribution in [0.2, 0.25) is 0 Å². The first-order valence-corrected chi connectivity index (χ1v) is 8.11. The number of nitrogens with one attached hydrogen (secondary N) is 1. The summed E-state index contributed by atoms with van der Waals surface area (Å²) in [7, 11) is 1.56. The van der Waals surface area contributed by atoms with E-state index in [-0.39, 0.29) is 18.0 Å². The van der Waals surface area contributed by atoms with Crippen molar-refractivity contribution < 1.29 is 14.3 Å². The number of carbonyl (C=O) groups excluding carboxylic acids is 2. The van der Waals surface area contributed by atoms with E-state index in [9.17, 15) is 9.59 Å². The predicted molar refractivity (Wildman–Crippen MR) is 89.7 cm³/mol. The first-order chi connectivity index (χ1) is 11.1. The maximum Gasteiger partial charge on any atom is 0.322 e. The zero-order chi connectivity index (χ0) is 16.8. The topological polar surface area (TPSA) is 61.9 Å². The molecule has 1 saturated heterocycles. The molecule has 6 heteroatoms. The fraction of sp³-hybridized carbons (Fsp3) is 0.529. The molecule has 1 atom stereocenters. The summed E-state index contributed by atoms with van der Waals surface area (Å²) < 4.78 is 5.25. The van der Waals surface area contributed by atoms with Crippen molar-refractivity contribution in [3.63, 3.8) is 0 Å². The highest BCUT2D eigenvalue weighted by atomic mass is 16.5. The second-order valence-electron chi connectivity index (χ2n) is 5.49. The number of para-hydroxylation sites is 2. The molecule has 1 aliphatic rings. The maximum absolute atomic E-state index is 12.6. The van der Waals surface area contributed by atoms with Gasteiger partial charge in [0.1, 0.15) is 11.8 Å². The number of carbonyl (C=O) groups is 2. The van der Waals surface area contributed by atoms with E-state index in [1.807, 2.05) is 26.0 Å². The molecule has 0 radical (unpaired) electrons. The normalized spacial score (nSPS) is 17.0. The lowest BCUT2D eigenvalue weighted by Gasteiger charge is -2.29. The number of methoxy groups -OCH3 is 1. The quantitative estimate of drug-likeness (QED) is 0.907. The maximum atomic E-state index is 12.6. The molecule has 1 aromatic rings. The van der Waals surface area contributed by atoms with Gasteiger partial charge in [-0.3, -0.25) is 4.79 Å². The smallest absolute Gasteiger partial charge is 0.322 e. The van der Waals surface area contributed by atoms with Crippen LogP contribution in [0.3, 0.4) is 0 Å². The molecule has 0 spiro atoms. The second kappa shape index (κ2) is 7.85. The number of amides is 3. The summed E-state index contributed by atoms with van der Waals surface area (Å²) in [6.45, 7) is 5.82. The Balaban J connectivity index is 2.10. The van der Waals surface area contributed by atoms with Crippen LogP contribution in [0.25, 0.3) is 0 Å². The van der Waals surface area contributed by atoms with Crippen LogP contribution in [0.15, 0.2) is 24.3 Å². The average Bonchev–Trinajstić information content (AvgIpc) is 3.06. The van der Waals surface area contributed by atoms with Gasteiger partial charge in [0.05, 0.1) is 12.8 Å². The average molecular weight is 319 g/mol. The molecule has 3 amide bonds. The van der Waals surface area contributed by atoms with Crippen LogP contribution in [0.5, 0.6) is 5.75 Å². The molecule has 6 nitrogen and oxygen atoms in total. The lowest BCUT2D eigenvalue weighted by atomic mass is 10.2. The minimum absolute atomic E-state index is 0.0303. The standard InChI is InChI=1S/C17H25N3O3/c1-4-19(5-2)16(21)14-10-8-12-20(14)17(22)18-13-9-6-7-11-15(13)23-3/h6-7,9,11,14H,4-5,8,10,12H2,1-3H3,(H,18,22)/t14-/m0/s1. The van der Waals surface area contributed by atoms with Gasteiger partial charge < -0.3 is 19.9 Å². The summed E-state index contributed by atoms with van der Waals surface area (Å²) in [6.07, 6.45) is 1.56. The molecule has 0 aromatic heterocycles. The van der Waals surface area contributed by atoms with E-state index in [2.05, 4.69) is 5.32 Å². The molecule has 0 bridgehead atoms. The highest BCUT2D eigenvalue weighted by Gasteiger charge is 2.36. The van der Waals surface area contributed by atoms with Gasteiger partial charge in [0, 0.05) is 19.6 Å². The third-order valence-corrected chi connectivity index (χ3v) is 4.22. The number of likely N-dealkylation sites (N-methyl/N-ethyl adjacent to an activating group) is 1. The van der Waals surface area contributed by atoms with Gasteiger partial charge in [-0.2, -0.15) is 0 Å². The fourth-order valence-electron chi connectivity index (χ4n) is 2.95. The molecular formula is C17H25N3O3. The van der Waals surface area contributed by atoms with Gasteiger partial charge in [0.15, 0.2) is 0 Å². The van der Waals surface area contributed by atoms with Crippen molar-refractivity contribution in [3.8, 4) is 5.75 Å². The first kappa shape index (κ1) is 17.1. The van der Waals surface area contributed by atoms with Crippen LogP contribution < -0.4 is 10.1 Å². The van der Waals surface area contributed by atoms with Crippen molar-refractivity contribution in [3.05, 3.63) is 24.3 Å². The molecule has 0 aliphatic carbocycles. The summed E-state index contributed by atoms with van der Waals surface area (Å²) in [5, 5.41) is 2.85. The fourth-order valence-corrected chi connectivity index (χ4v) is 2.95. The monoisotopic (exact) mass is 319 g/mol. The largest absolute Gasteiger partial charge is 0.495 e. The van der Waals surface area contributed by atoms with Gasteiger partial charge in [-0.05, 0) is 38.8 Å². The molecule has 1 fully saturated rings. The van der Waals surface area contributed by atoms with Crippen molar-refractivity contribution >= 4 is 17.6 Å². The van der Waals surface area contributed by atoms with E-state index >= 15 is 0 Å². The van der Waals surface area contributed by atoms with E-state index in [4.69, 9.17) is 4.74 Å². The van der Waals surface area contributed by atoms with Crippen molar-refractivity contribution in [1.29, 1.82) is 0 Å². The molecule has 1 aromatic carbocycles. The van der Waals surface area contributed by atoms with E-state index in [0.29, 0.717) is 37.5 Å². The van der Waals surface area contributed by atoms with Crippen LogP contribution in [0.1, 0.15) is 26.7 Å². The summed E-state index contributed by atoms with van der Waals surface area (Å²) in [5.74, 6) is 0.634. The van der Waals surface area contributed by atoms with Crippen LogP contribution in [0.4, 0.5) is 10.5 Å². The van der Waals surface area contributed by atoms with Gasteiger partial charge in [0.25, 0.3) is 0 Å². The molecular weight excluding hydrogens is 294 g/mol. The Morgan fingerprint density at radius 3 is 2.65 bits per heavy atom. The van der Waals surface area contributed by atoms with Gasteiger partial charge in [0.2, 0.25) is 5.91 Å². The Bertz CT molecular complexity index is 558. The van der Waals surface area contributed by atoms with Gasteiger partial charge in [-0.25, -0.2) is 4.79 Å². The molecule has 0 unspecified atom stereocenters. The third-order valence-electron chi connectivity index (χ3n) is 4.22. The summed E-state index contributed by atoms with van der Waals surface area (Å²) in [4.78, 5) is 28.6. The van der Waals surface area contributed by atoms with Crippen molar-refractivity contribution in [2.75, 3.05) is 32.1 Å². The van der Waals surface area contributed by atoms with Gasteiger partial charge in [-0.15, -0.1) is 0 Å². The molecule has 1 aliphatic heterocycles. The Hall–Kier alpha value is -2.24. The number of rotatable bonds is 5. The first-order valence-electron chi connectivity index (χ1n) is 8.11. The van der Waals surface area contributed by atoms with E-state index in [1.54, 1.807) is 29.0 Å². The number of likely N-dealkylation sites (tertiary alicyclic amines) is 1. The minimum Gasteiger partial charge on any atom is -0.495 e. The molecule has 1 N–H and O–H groups in total. The van der Waals surface area contributed by atoms with Crippen molar-refractivity contribution in [2.24, 2.45) is 0 Å². The van der Waals surface area contributed by atoms with E-state index in [0.717, 1.165) is 6.42 Å². The molecule has 126 valence electrons. The van der Waals surface area contributed by atoms with Crippen LogP contribution in [-0.2, 0) is 4.79 Å². The number of urea groups is 1. The highest BCUT2D eigenvalue weighted by Crippen LogP contribution is 2.25. The van der Waals surface area contributed by atoms with E-state index < -0.39 is 0 Å². The molecule has 0 saturated carbocycles. The zero-order valence-electron chi connectivity index (χ0n) is 14.0. The van der Waals surface area contributed by atoms with E-state index in [1.165, 1.54) is 0 Å². The summed E-state index contributed by atoms with van der Waals surface area (Å²) in [5.41, 5.74) is 0.612. The number of benzene rings is 1. The predicted octanol–water partition coefficient (Wildman–Crippen LogP) is 2.56. The molecule has 23 heavy (non-hydrogen) atoms. The Morgan fingerprint density at radius 2 is 2.00 bits per heavy atom. The SMILES string of the molecule is CCN(CC)C(=O)[C@@H]1CCCN1C(=O)Nc1ccccc1OC. The highest BCUT2D eigenvalue weighted by molar-refractivity contribution is 5.95. The number of hydrogen-bond donors (Lipinski definition) is 1. The lowest BCUT2D eigenvalue weighted by molar-refractivity contribution is -0.134. The van der Waals surface area contributed by atoms with Crippen LogP contribution in [-0.4, -0.2) is 54.5 Å². The number of nitrogens with zero attached hydrogens (tertiary/aromatic N) is 2. The van der Waals surface area contributed by atoms with Crippen molar-refractivity contribution in [1.82, 2.24) is 9.80 Å². The Labute approximate surface area is 137 Å². The van der Waals surface area contributed by atoms with Crippen molar-refractivity contribution in [2.45, 2.75) is 32.7 Å². The summed E-state index contributed by atoms with van der Waals surface area (Å²) >= 11 is 0. The number of hydrogen-bond acceptors (Lipinski definition) is 3. The zero-order valence-corrected chi connectivity index (χ0v) is 14.0. The number of anilines is 1. The Kier molecular flexibility index (Phi) is 5.84. The Morgan fingerprint density at radius 1 is 1.30 bits per heavy atom. The third kappa shape index (κ3) is 3.75. The summed E-state index contributed by atoms with van der Waals surface area (Å²) in [6, 6.07) is 6.63. The minimum atomic E-state index is -0.371.